The van der Waals surface area contributed by atoms with Crippen LogP contribution in [0.15, 0.2) is 35.2 Å². The lowest BCUT2D eigenvalue weighted by Gasteiger charge is -2.25. The summed E-state index contributed by atoms with van der Waals surface area (Å²) >= 11 is 0. The van der Waals surface area contributed by atoms with E-state index in [1.807, 2.05) is 17.0 Å². The predicted molar refractivity (Wildman–Crippen MR) is 63.6 cm³/mol. The van der Waals surface area contributed by atoms with Crippen LogP contribution in [0.25, 0.3) is 0 Å². The summed E-state index contributed by atoms with van der Waals surface area (Å²) in [7, 11) is 0. The predicted octanol–water partition coefficient (Wildman–Crippen LogP) is 1.20. The molecule has 0 saturated heterocycles. The van der Waals surface area contributed by atoms with Gasteiger partial charge in [-0.1, -0.05) is 11.2 Å². The van der Waals surface area contributed by atoms with Gasteiger partial charge in [0.15, 0.2) is 0 Å². The smallest absolute Gasteiger partial charge is 0.227 e. The van der Waals surface area contributed by atoms with Gasteiger partial charge in [-0.25, -0.2) is 0 Å². The minimum absolute atomic E-state index is 0.120. The van der Waals surface area contributed by atoms with E-state index in [1.165, 1.54) is 0 Å². The number of carbonyl (C=O) groups excluding carboxylic acids is 1. The molecule has 0 radical (unpaired) electrons. The van der Waals surface area contributed by atoms with Crippen LogP contribution in [-0.2, 0) is 24.2 Å². The summed E-state index contributed by atoms with van der Waals surface area (Å²) in [5.41, 5.74) is 1.96. The number of rotatable bonds is 2. The van der Waals surface area contributed by atoms with Gasteiger partial charge in [-0.2, -0.15) is 0 Å². The van der Waals surface area contributed by atoms with E-state index in [4.69, 9.17) is 4.52 Å². The van der Waals surface area contributed by atoms with Gasteiger partial charge in [0.05, 0.1) is 19.2 Å². The number of amides is 1. The molecule has 1 aliphatic heterocycles. The third-order valence-corrected chi connectivity index (χ3v) is 3.13. The molecule has 18 heavy (non-hydrogen) atoms. The second kappa shape index (κ2) is 4.60. The van der Waals surface area contributed by atoms with Gasteiger partial charge in [-0.3, -0.25) is 9.78 Å². The fourth-order valence-corrected chi connectivity index (χ4v) is 2.14. The highest BCUT2D eigenvalue weighted by Gasteiger charge is 2.23. The van der Waals surface area contributed by atoms with Crippen LogP contribution in [0.4, 0.5) is 0 Å². The molecule has 0 aliphatic carbocycles. The first-order valence-corrected chi connectivity index (χ1v) is 5.92. The lowest BCUT2D eigenvalue weighted by atomic mass is 10.1. The van der Waals surface area contributed by atoms with Gasteiger partial charge in [0.2, 0.25) is 5.91 Å². The second-order valence-electron chi connectivity index (χ2n) is 4.38. The van der Waals surface area contributed by atoms with Gasteiger partial charge in [0, 0.05) is 30.9 Å². The van der Waals surface area contributed by atoms with Gasteiger partial charge in [0.25, 0.3) is 0 Å². The number of hydrogen-bond donors (Lipinski definition) is 0. The molecule has 1 aliphatic rings. The number of fused-ring (bicyclic) bond motifs is 1. The Morgan fingerprint density at radius 3 is 3.22 bits per heavy atom. The molecule has 0 saturated carbocycles. The molecule has 2 aromatic rings. The molecule has 0 bridgehead atoms. The van der Waals surface area contributed by atoms with E-state index in [1.54, 1.807) is 18.6 Å². The molecule has 2 aromatic heterocycles. The van der Waals surface area contributed by atoms with Gasteiger partial charge < -0.3 is 9.42 Å². The van der Waals surface area contributed by atoms with E-state index >= 15 is 0 Å². The molecule has 0 fully saturated rings. The number of carbonyl (C=O) groups is 1. The van der Waals surface area contributed by atoms with Crippen molar-refractivity contribution in [2.24, 2.45) is 0 Å². The number of nitrogens with zero attached hydrogens (tertiary/aromatic N) is 3. The summed E-state index contributed by atoms with van der Waals surface area (Å²) in [6.07, 6.45) is 6.27. The molecule has 0 spiro atoms. The summed E-state index contributed by atoms with van der Waals surface area (Å²) in [5, 5.41) is 3.76. The lowest BCUT2D eigenvalue weighted by molar-refractivity contribution is -0.131. The molecular formula is C13H13N3O2. The molecule has 92 valence electrons. The highest BCUT2D eigenvalue weighted by molar-refractivity contribution is 5.78. The minimum Gasteiger partial charge on any atom is -0.361 e. The Kier molecular flexibility index (Phi) is 2.80. The highest BCUT2D eigenvalue weighted by atomic mass is 16.5. The first kappa shape index (κ1) is 11.0. The molecule has 5 nitrogen and oxygen atoms in total. The van der Waals surface area contributed by atoms with Crippen LogP contribution < -0.4 is 0 Å². The molecule has 0 aromatic carbocycles. The molecule has 0 atom stereocenters. The largest absolute Gasteiger partial charge is 0.361 e. The Balaban J connectivity index is 1.68. The maximum Gasteiger partial charge on any atom is 0.227 e. The second-order valence-corrected chi connectivity index (χ2v) is 4.38. The quantitative estimate of drug-likeness (QED) is 0.795. The summed E-state index contributed by atoms with van der Waals surface area (Å²) in [5.74, 6) is 1.02. The standard InChI is InChI=1S/C13H13N3O2/c17-13(6-10-2-1-4-14-7-10)16-5-3-12-11(9-16)8-15-18-12/h1-2,4,7-8H,3,5-6,9H2. The average molecular weight is 243 g/mol. The van der Waals surface area contributed by atoms with E-state index in [9.17, 15) is 4.79 Å². The molecule has 1 amide bonds. The average Bonchev–Trinajstić information content (AvgIpc) is 2.87. The SMILES string of the molecule is O=C(Cc1cccnc1)N1CCc2oncc2C1. The van der Waals surface area contributed by atoms with Gasteiger partial charge in [-0.15, -0.1) is 0 Å². The summed E-state index contributed by atoms with van der Waals surface area (Å²) in [6, 6.07) is 3.76. The Hall–Kier alpha value is -2.17. The van der Waals surface area contributed by atoms with Gasteiger partial charge >= 0.3 is 0 Å². The molecule has 0 unspecified atom stereocenters. The van der Waals surface area contributed by atoms with Crippen LogP contribution in [0, 0.1) is 0 Å². The zero-order valence-corrected chi connectivity index (χ0v) is 9.87. The minimum atomic E-state index is 0.120. The molecule has 3 heterocycles. The van der Waals surface area contributed by atoms with Crippen molar-refractivity contribution in [2.75, 3.05) is 6.54 Å². The molecule has 0 N–H and O–H groups in total. The van der Waals surface area contributed by atoms with E-state index in [0.29, 0.717) is 19.5 Å². The highest BCUT2D eigenvalue weighted by Crippen LogP contribution is 2.18. The van der Waals surface area contributed by atoms with Crippen molar-refractivity contribution in [1.82, 2.24) is 15.0 Å². The van der Waals surface area contributed by atoms with Crippen molar-refractivity contribution >= 4 is 5.91 Å². The van der Waals surface area contributed by atoms with Crippen molar-refractivity contribution < 1.29 is 9.32 Å². The maximum absolute atomic E-state index is 12.1. The monoisotopic (exact) mass is 243 g/mol. The van der Waals surface area contributed by atoms with Crippen molar-refractivity contribution in [3.05, 3.63) is 47.6 Å². The van der Waals surface area contributed by atoms with Crippen molar-refractivity contribution in [3.8, 4) is 0 Å². The summed E-state index contributed by atoms with van der Waals surface area (Å²) in [6.45, 7) is 1.29. The first-order chi connectivity index (χ1) is 8.83. The van der Waals surface area contributed by atoms with E-state index < -0.39 is 0 Å². The summed E-state index contributed by atoms with van der Waals surface area (Å²) in [4.78, 5) is 18.0. The van der Waals surface area contributed by atoms with Crippen LogP contribution in [0.3, 0.4) is 0 Å². The zero-order chi connectivity index (χ0) is 12.4. The topological polar surface area (TPSA) is 59.2 Å². The van der Waals surface area contributed by atoms with Crippen molar-refractivity contribution in [3.63, 3.8) is 0 Å². The third kappa shape index (κ3) is 2.11. The fraction of sp³-hybridized carbons (Fsp3) is 0.308. The van der Waals surface area contributed by atoms with Crippen LogP contribution in [0.2, 0.25) is 0 Å². The number of aromatic nitrogens is 2. The van der Waals surface area contributed by atoms with Crippen molar-refractivity contribution in [2.45, 2.75) is 19.4 Å². The Morgan fingerprint density at radius 1 is 1.44 bits per heavy atom. The zero-order valence-electron chi connectivity index (χ0n) is 9.87. The Labute approximate surface area is 104 Å². The third-order valence-electron chi connectivity index (χ3n) is 3.13. The van der Waals surface area contributed by atoms with Crippen LogP contribution >= 0.6 is 0 Å². The van der Waals surface area contributed by atoms with E-state index in [-0.39, 0.29) is 5.91 Å². The Morgan fingerprint density at radius 2 is 2.39 bits per heavy atom. The summed E-state index contributed by atoms with van der Waals surface area (Å²) < 4.78 is 5.10. The van der Waals surface area contributed by atoms with E-state index in [2.05, 4.69) is 10.1 Å². The number of pyridine rings is 1. The normalized spacial score (nSPS) is 14.3. The van der Waals surface area contributed by atoms with Gasteiger partial charge in [0.1, 0.15) is 5.76 Å². The molecular weight excluding hydrogens is 230 g/mol. The molecule has 3 rings (SSSR count). The van der Waals surface area contributed by atoms with Crippen LogP contribution in [0.5, 0.6) is 0 Å². The first-order valence-electron chi connectivity index (χ1n) is 5.92. The maximum atomic E-state index is 12.1. The fourth-order valence-electron chi connectivity index (χ4n) is 2.14. The van der Waals surface area contributed by atoms with Crippen LogP contribution in [-0.4, -0.2) is 27.5 Å². The molecule has 5 heteroatoms. The van der Waals surface area contributed by atoms with Crippen LogP contribution in [0.1, 0.15) is 16.9 Å². The van der Waals surface area contributed by atoms with E-state index in [0.717, 1.165) is 23.3 Å². The van der Waals surface area contributed by atoms with Crippen molar-refractivity contribution in [1.29, 1.82) is 0 Å². The lowest BCUT2D eigenvalue weighted by Crippen LogP contribution is -2.36. The number of hydrogen-bond acceptors (Lipinski definition) is 4. The Bertz CT molecular complexity index is 550. The van der Waals surface area contributed by atoms with Gasteiger partial charge in [-0.05, 0) is 11.6 Å².